The number of thioether (sulfide) groups is 1. The first-order valence-corrected chi connectivity index (χ1v) is 9.83. The number of carbonyl (C=O) groups is 1. The van der Waals surface area contributed by atoms with Crippen LogP contribution in [-0.4, -0.2) is 62.1 Å². The van der Waals surface area contributed by atoms with Crippen molar-refractivity contribution in [3.8, 4) is 5.88 Å². The second-order valence-electron chi connectivity index (χ2n) is 6.92. The molecular weight excluding hydrogens is 428 g/mol. The Hall–Kier alpha value is -2.63. The van der Waals surface area contributed by atoms with E-state index in [0.717, 1.165) is 36.8 Å². The predicted octanol–water partition coefficient (Wildman–Crippen LogP) is 3.10. The van der Waals surface area contributed by atoms with Gasteiger partial charge in [0.25, 0.3) is 5.88 Å². The second-order valence-corrected chi connectivity index (χ2v) is 8.41. The number of pyridine rings is 1. The molecule has 12 heteroatoms. The largest absolute Gasteiger partial charge is 0.490 e. The lowest BCUT2D eigenvalue weighted by Crippen LogP contribution is -2.59. The molecule has 0 saturated carbocycles. The lowest BCUT2D eigenvalue weighted by molar-refractivity contribution is -0.192. The van der Waals surface area contributed by atoms with Crippen LogP contribution in [0.2, 0.25) is 0 Å². The molecule has 2 saturated heterocycles. The summed E-state index contributed by atoms with van der Waals surface area (Å²) in [5, 5.41) is 15.5. The predicted molar refractivity (Wildman–Crippen MR) is 101 cm³/mol. The summed E-state index contributed by atoms with van der Waals surface area (Å²) in [6.07, 6.45) is -2.61. The van der Waals surface area contributed by atoms with Gasteiger partial charge >= 0.3 is 12.1 Å². The molecule has 162 valence electrons. The van der Waals surface area contributed by atoms with Crippen LogP contribution in [0, 0.1) is 12.7 Å². The van der Waals surface area contributed by atoms with E-state index in [1.165, 1.54) is 6.07 Å². The molecule has 4 rings (SSSR count). The molecule has 0 radical (unpaired) electrons. The molecule has 2 aliphatic heterocycles. The van der Waals surface area contributed by atoms with Crippen molar-refractivity contribution in [1.29, 1.82) is 0 Å². The zero-order valence-corrected chi connectivity index (χ0v) is 16.6. The summed E-state index contributed by atoms with van der Waals surface area (Å²) in [6.45, 7) is 3.79. The Labute approximate surface area is 173 Å². The molecule has 1 atom stereocenters. The van der Waals surface area contributed by atoms with Gasteiger partial charge in [-0.15, -0.1) is 16.9 Å². The molecule has 0 amide bonds. The van der Waals surface area contributed by atoms with E-state index < -0.39 is 18.0 Å². The Morgan fingerprint density at radius 1 is 1.30 bits per heavy atom. The van der Waals surface area contributed by atoms with E-state index in [1.54, 1.807) is 12.3 Å². The third-order valence-corrected chi connectivity index (χ3v) is 6.06. The topological polar surface area (TPSA) is 88.4 Å². The van der Waals surface area contributed by atoms with Gasteiger partial charge in [-0.05, 0) is 31.2 Å². The molecule has 2 fully saturated rings. The number of carboxylic acids is 1. The Kier molecular flexibility index (Phi) is 6.34. The minimum Gasteiger partial charge on any atom is -0.475 e. The molecule has 30 heavy (non-hydrogen) atoms. The highest BCUT2D eigenvalue weighted by molar-refractivity contribution is 8.01. The first-order valence-electron chi connectivity index (χ1n) is 8.84. The lowest BCUT2D eigenvalue weighted by Gasteiger charge is -2.47. The zero-order chi connectivity index (χ0) is 21.9. The number of halogens is 4. The average Bonchev–Trinajstić information content (AvgIpc) is 3.07. The average molecular weight is 446 g/mol. The van der Waals surface area contributed by atoms with Crippen molar-refractivity contribution < 1.29 is 32.2 Å². The first-order chi connectivity index (χ1) is 14.1. The first kappa shape index (κ1) is 22.1. The zero-order valence-electron chi connectivity index (χ0n) is 15.8. The highest BCUT2D eigenvalue weighted by Gasteiger charge is 2.50. The van der Waals surface area contributed by atoms with E-state index in [9.17, 15) is 17.6 Å². The Balaban J connectivity index is 0.000000318. The molecule has 7 nitrogen and oxygen atoms in total. The number of rotatable bonds is 3. The molecule has 2 aliphatic rings. The standard InChI is InChI=1S/C16H17FN4OS.C2HF3O2/c1-11-4-5-14(20-19-11)21-9-16(10-21)7-12(8-23-16)22-15-13(17)3-2-6-18-15;3-2(4,5)1(6)7/h2-6,12H,7-10H2,1H3;(H,6,7). The lowest BCUT2D eigenvalue weighted by atomic mass is 9.93. The van der Waals surface area contributed by atoms with Crippen molar-refractivity contribution in [1.82, 2.24) is 15.2 Å². The number of carboxylic acid groups (broad SMARTS) is 1. The van der Waals surface area contributed by atoms with E-state index in [0.29, 0.717) is 0 Å². The van der Waals surface area contributed by atoms with Crippen LogP contribution < -0.4 is 9.64 Å². The molecule has 0 aromatic carbocycles. The Bertz CT molecular complexity index is 892. The second kappa shape index (κ2) is 8.62. The summed E-state index contributed by atoms with van der Waals surface area (Å²) in [5.74, 6) is -1.27. The normalized spacial score (nSPS) is 19.6. The van der Waals surface area contributed by atoms with Crippen LogP contribution in [0.15, 0.2) is 30.5 Å². The Morgan fingerprint density at radius 3 is 2.57 bits per heavy atom. The number of ether oxygens (including phenoxy) is 1. The molecule has 2 aromatic rings. The van der Waals surface area contributed by atoms with E-state index in [2.05, 4.69) is 20.1 Å². The van der Waals surface area contributed by atoms with Crippen LogP contribution >= 0.6 is 11.8 Å². The molecule has 0 bridgehead atoms. The SMILES string of the molecule is Cc1ccc(N2CC3(CC(Oc4ncccc4F)CS3)C2)nn1.O=C(O)C(F)(F)F. The summed E-state index contributed by atoms with van der Waals surface area (Å²) in [5.41, 5.74) is 0.921. The maximum absolute atomic E-state index is 13.6. The van der Waals surface area contributed by atoms with Crippen LogP contribution in [0.3, 0.4) is 0 Å². The maximum atomic E-state index is 13.6. The van der Waals surface area contributed by atoms with Gasteiger partial charge < -0.3 is 14.7 Å². The number of aliphatic carboxylic acids is 1. The molecule has 4 heterocycles. The number of aryl methyl sites for hydroxylation is 1. The summed E-state index contributed by atoms with van der Waals surface area (Å²) >= 11 is 1.90. The molecule has 1 spiro atoms. The van der Waals surface area contributed by atoms with Gasteiger partial charge in [-0.3, -0.25) is 0 Å². The fourth-order valence-corrected chi connectivity index (χ4v) is 4.61. The number of alkyl halides is 3. The van der Waals surface area contributed by atoms with Crippen LogP contribution in [-0.2, 0) is 4.79 Å². The number of aromatic nitrogens is 3. The van der Waals surface area contributed by atoms with Crippen molar-refractivity contribution in [2.75, 3.05) is 23.7 Å². The van der Waals surface area contributed by atoms with Crippen molar-refractivity contribution >= 4 is 23.5 Å². The minimum atomic E-state index is -5.08. The van der Waals surface area contributed by atoms with Gasteiger partial charge in [0, 0.05) is 31.5 Å². The number of hydrogen-bond donors (Lipinski definition) is 1. The van der Waals surface area contributed by atoms with E-state index >= 15 is 0 Å². The van der Waals surface area contributed by atoms with E-state index in [-0.39, 0.29) is 16.7 Å². The molecule has 1 unspecified atom stereocenters. The fraction of sp³-hybridized carbons (Fsp3) is 0.444. The monoisotopic (exact) mass is 446 g/mol. The quantitative estimate of drug-likeness (QED) is 0.720. The maximum Gasteiger partial charge on any atom is 0.490 e. The van der Waals surface area contributed by atoms with Gasteiger partial charge in [0.2, 0.25) is 0 Å². The molecule has 1 N–H and O–H groups in total. The van der Waals surface area contributed by atoms with Crippen molar-refractivity contribution in [2.24, 2.45) is 0 Å². The fourth-order valence-electron chi connectivity index (χ4n) is 3.09. The van der Waals surface area contributed by atoms with E-state index in [1.807, 2.05) is 30.8 Å². The van der Waals surface area contributed by atoms with Crippen molar-refractivity contribution in [3.05, 3.63) is 42.0 Å². The number of hydrogen-bond acceptors (Lipinski definition) is 7. The number of nitrogens with zero attached hydrogens (tertiary/aromatic N) is 4. The van der Waals surface area contributed by atoms with Crippen molar-refractivity contribution in [3.63, 3.8) is 0 Å². The van der Waals surface area contributed by atoms with E-state index in [4.69, 9.17) is 14.6 Å². The Morgan fingerprint density at radius 2 is 2.00 bits per heavy atom. The smallest absolute Gasteiger partial charge is 0.475 e. The van der Waals surface area contributed by atoms with Gasteiger partial charge in [-0.2, -0.15) is 18.3 Å². The van der Waals surface area contributed by atoms with Crippen molar-refractivity contribution in [2.45, 2.75) is 30.4 Å². The highest BCUT2D eigenvalue weighted by Crippen LogP contribution is 2.47. The third kappa shape index (κ3) is 5.29. The summed E-state index contributed by atoms with van der Waals surface area (Å²) in [6, 6.07) is 6.93. The van der Waals surface area contributed by atoms with Crippen LogP contribution in [0.1, 0.15) is 12.1 Å². The van der Waals surface area contributed by atoms with Crippen LogP contribution in [0.25, 0.3) is 0 Å². The molecule has 2 aromatic heterocycles. The highest BCUT2D eigenvalue weighted by atomic mass is 32.2. The summed E-state index contributed by atoms with van der Waals surface area (Å²) in [7, 11) is 0. The third-order valence-electron chi connectivity index (χ3n) is 4.49. The summed E-state index contributed by atoms with van der Waals surface area (Å²) < 4.78 is 51.3. The van der Waals surface area contributed by atoms with Gasteiger partial charge in [0.05, 0.1) is 10.4 Å². The van der Waals surface area contributed by atoms with Gasteiger partial charge in [0.1, 0.15) is 6.10 Å². The van der Waals surface area contributed by atoms with Gasteiger partial charge in [-0.1, -0.05) is 0 Å². The molecular formula is C18H18F4N4O3S. The van der Waals surface area contributed by atoms with Crippen LogP contribution in [0.4, 0.5) is 23.4 Å². The molecule has 0 aliphatic carbocycles. The van der Waals surface area contributed by atoms with Gasteiger partial charge in [-0.25, -0.2) is 14.2 Å². The number of anilines is 1. The van der Waals surface area contributed by atoms with Gasteiger partial charge in [0.15, 0.2) is 11.6 Å². The summed E-state index contributed by atoms with van der Waals surface area (Å²) in [4.78, 5) is 15.1. The van der Waals surface area contributed by atoms with Crippen LogP contribution in [0.5, 0.6) is 5.88 Å². The minimum absolute atomic E-state index is 0.00986.